The molecular weight excluding hydrogens is 182 g/mol. The van der Waals surface area contributed by atoms with Gasteiger partial charge in [0.05, 0.1) is 0 Å². The van der Waals surface area contributed by atoms with E-state index in [4.69, 9.17) is 0 Å². The van der Waals surface area contributed by atoms with E-state index in [1.807, 2.05) is 13.8 Å². The van der Waals surface area contributed by atoms with E-state index in [-0.39, 0.29) is 0 Å². The molecule has 1 heteroatoms. The topological polar surface area (TPSA) is 3.24 Å². The van der Waals surface area contributed by atoms with Crippen molar-refractivity contribution in [3.05, 3.63) is 0 Å². The van der Waals surface area contributed by atoms with Gasteiger partial charge in [-0.05, 0) is 27.1 Å². The molecule has 0 aromatic carbocycles. The first-order valence-corrected chi connectivity index (χ1v) is 6.92. The summed E-state index contributed by atoms with van der Waals surface area (Å²) in [4.78, 5) is 2.27. The third kappa shape index (κ3) is 20.1. The highest BCUT2D eigenvalue weighted by Crippen LogP contribution is 2.08. The molecule has 0 aromatic rings. The molecule has 0 bridgehead atoms. The Hall–Kier alpha value is -0.0400. The summed E-state index contributed by atoms with van der Waals surface area (Å²) in [5.74, 6) is 0. The molecule has 0 amide bonds. The molecule has 1 nitrogen and oxygen atoms in total. The molecule has 0 unspecified atom stereocenters. The van der Waals surface area contributed by atoms with Crippen molar-refractivity contribution in [2.45, 2.75) is 72.1 Å². The van der Waals surface area contributed by atoms with Gasteiger partial charge in [0.1, 0.15) is 0 Å². The zero-order chi connectivity index (χ0) is 11.9. The molecule has 0 rings (SSSR count). The standard InChI is InChI=1S/C12H27N.C2H6/c1-4-5-6-7-8-9-10-11-12-13(2)3;1-2/h4-12H2,1-3H3;1-2H3. The third-order valence-electron chi connectivity index (χ3n) is 2.46. The molecule has 0 aliphatic heterocycles. The Morgan fingerprint density at radius 2 is 1.07 bits per heavy atom. The summed E-state index contributed by atoms with van der Waals surface area (Å²) >= 11 is 0. The van der Waals surface area contributed by atoms with Crippen LogP contribution in [0.2, 0.25) is 0 Å². The van der Waals surface area contributed by atoms with Crippen LogP contribution < -0.4 is 0 Å². The summed E-state index contributed by atoms with van der Waals surface area (Å²) in [6.45, 7) is 7.53. The molecule has 0 heterocycles. The summed E-state index contributed by atoms with van der Waals surface area (Å²) in [7, 11) is 4.31. The van der Waals surface area contributed by atoms with Gasteiger partial charge >= 0.3 is 0 Å². The van der Waals surface area contributed by atoms with E-state index in [0.717, 1.165) is 0 Å². The van der Waals surface area contributed by atoms with Gasteiger partial charge in [-0.15, -0.1) is 0 Å². The first-order valence-electron chi connectivity index (χ1n) is 6.92. The van der Waals surface area contributed by atoms with E-state index in [0.29, 0.717) is 0 Å². The van der Waals surface area contributed by atoms with Gasteiger partial charge in [-0.2, -0.15) is 0 Å². The van der Waals surface area contributed by atoms with Gasteiger partial charge < -0.3 is 4.90 Å². The average Bonchev–Trinajstić information content (AvgIpc) is 2.24. The predicted molar refractivity (Wildman–Crippen MR) is 72.5 cm³/mol. The molecular formula is C14H33N. The normalized spacial score (nSPS) is 10.0. The van der Waals surface area contributed by atoms with E-state index in [1.165, 1.54) is 57.9 Å². The minimum Gasteiger partial charge on any atom is -0.309 e. The van der Waals surface area contributed by atoms with Crippen LogP contribution in [0.15, 0.2) is 0 Å². The van der Waals surface area contributed by atoms with Gasteiger partial charge in [0.2, 0.25) is 0 Å². The number of rotatable bonds is 9. The van der Waals surface area contributed by atoms with E-state index in [1.54, 1.807) is 0 Å². The lowest BCUT2D eigenvalue weighted by Crippen LogP contribution is -2.12. The Morgan fingerprint density at radius 3 is 1.47 bits per heavy atom. The Labute approximate surface area is 98.2 Å². The minimum atomic E-state index is 1.26. The average molecular weight is 215 g/mol. The number of hydrogen-bond acceptors (Lipinski definition) is 1. The maximum atomic E-state index is 2.27. The van der Waals surface area contributed by atoms with Crippen LogP contribution in [0.25, 0.3) is 0 Å². The SMILES string of the molecule is CC.CCCCCCCCCCN(C)C. The predicted octanol–water partition coefficient (Wildman–Crippen LogP) is 4.71. The first-order chi connectivity index (χ1) is 7.27. The second kappa shape index (κ2) is 16.4. The lowest BCUT2D eigenvalue weighted by Gasteiger charge is -2.08. The van der Waals surface area contributed by atoms with Crippen LogP contribution in [0.5, 0.6) is 0 Å². The Bertz CT molecular complexity index is 89.3. The monoisotopic (exact) mass is 215 g/mol. The van der Waals surface area contributed by atoms with Gasteiger partial charge in [0.15, 0.2) is 0 Å². The highest BCUT2D eigenvalue weighted by molar-refractivity contribution is 4.48. The van der Waals surface area contributed by atoms with E-state index >= 15 is 0 Å². The molecule has 0 fully saturated rings. The van der Waals surface area contributed by atoms with Crippen LogP contribution in [0.3, 0.4) is 0 Å². The highest BCUT2D eigenvalue weighted by Gasteiger charge is 1.92. The molecule has 15 heavy (non-hydrogen) atoms. The van der Waals surface area contributed by atoms with Gasteiger partial charge in [0, 0.05) is 0 Å². The van der Waals surface area contributed by atoms with E-state index < -0.39 is 0 Å². The molecule has 0 aliphatic rings. The fourth-order valence-corrected chi connectivity index (χ4v) is 1.56. The summed E-state index contributed by atoms with van der Waals surface area (Å²) in [6, 6.07) is 0. The molecule has 0 spiro atoms. The molecule has 0 N–H and O–H groups in total. The molecule has 0 aromatic heterocycles. The smallest absolute Gasteiger partial charge is 0.00248 e. The Balaban J connectivity index is 0. The van der Waals surface area contributed by atoms with Gasteiger partial charge in [0.25, 0.3) is 0 Å². The van der Waals surface area contributed by atoms with Crippen molar-refractivity contribution in [3.63, 3.8) is 0 Å². The van der Waals surface area contributed by atoms with E-state index in [9.17, 15) is 0 Å². The highest BCUT2D eigenvalue weighted by atomic mass is 15.0. The van der Waals surface area contributed by atoms with Crippen LogP contribution >= 0.6 is 0 Å². The van der Waals surface area contributed by atoms with E-state index in [2.05, 4.69) is 25.9 Å². The Morgan fingerprint density at radius 1 is 0.667 bits per heavy atom. The quantitative estimate of drug-likeness (QED) is 0.503. The lowest BCUT2D eigenvalue weighted by atomic mass is 10.1. The van der Waals surface area contributed by atoms with Crippen LogP contribution in [-0.2, 0) is 0 Å². The van der Waals surface area contributed by atoms with Crippen LogP contribution in [0, 0.1) is 0 Å². The van der Waals surface area contributed by atoms with Crippen molar-refractivity contribution in [1.29, 1.82) is 0 Å². The molecule has 0 aliphatic carbocycles. The molecule has 0 saturated heterocycles. The summed E-state index contributed by atoms with van der Waals surface area (Å²) in [5.41, 5.74) is 0. The maximum absolute atomic E-state index is 2.27. The summed E-state index contributed by atoms with van der Waals surface area (Å²) < 4.78 is 0. The fourth-order valence-electron chi connectivity index (χ4n) is 1.56. The molecule has 0 saturated carbocycles. The zero-order valence-corrected chi connectivity index (χ0v) is 11.8. The van der Waals surface area contributed by atoms with Crippen LogP contribution in [0.4, 0.5) is 0 Å². The summed E-state index contributed by atoms with van der Waals surface area (Å²) in [5, 5.41) is 0. The van der Waals surface area contributed by atoms with Crippen molar-refractivity contribution < 1.29 is 0 Å². The first kappa shape index (κ1) is 17.4. The Kier molecular flexibility index (Phi) is 19.0. The molecule has 0 radical (unpaired) electrons. The largest absolute Gasteiger partial charge is 0.309 e. The van der Waals surface area contributed by atoms with Crippen LogP contribution in [-0.4, -0.2) is 25.5 Å². The fraction of sp³-hybridized carbons (Fsp3) is 1.00. The molecule has 94 valence electrons. The summed E-state index contributed by atoms with van der Waals surface area (Å²) in [6.07, 6.45) is 11.4. The van der Waals surface area contributed by atoms with Crippen molar-refractivity contribution in [2.24, 2.45) is 0 Å². The second-order valence-corrected chi connectivity index (χ2v) is 4.28. The number of unbranched alkanes of at least 4 members (excludes halogenated alkanes) is 7. The van der Waals surface area contributed by atoms with Crippen molar-refractivity contribution in [3.8, 4) is 0 Å². The zero-order valence-electron chi connectivity index (χ0n) is 11.8. The van der Waals surface area contributed by atoms with Crippen LogP contribution in [0.1, 0.15) is 72.1 Å². The minimum absolute atomic E-state index is 1.26. The van der Waals surface area contributed by atoms with Crippen molar-refractivity contribution >= 4 is 0 Å². The van der Waals surface area contributed by atoms with Crippen molar-refractivity contribution in [2.75, 3.05) is 20.6 Å². The van der Waals surface area contributed by atoms with Gasteiger partial charge in [-0.1, -0.05) is 65.7 Å². The third-order valence-corrected chi connectivity index (χ3v) is 2.46. The maximum Gasteiger partial charge on any atom is -0.00248 e. The number of hydrogen-bond donors (Lipinski definition) is 0. The van der Waals surface area contributed by atoms with Gasteiger partial charge in [-0.25, -0.2) is 0 Å². The lowest BCUT2D eigenvalue weighted by molar-refractivity contribution is 0.389. The molecule has 0 atom stereocenters. The second-order valence-electron chi connectivity index (χ2n) is 4.28. The van der Waals surface area contributed by atoms with Gasteiger partial charge in [-0.3, -0.25) is 0 Å². The number of nitrogens with zero attached hydrogens (tertiary/aromatic N) is 1. The van der Waals surface area contributed by atoms with Crippen molar-refractivity contribution in [1.82, 2.24) is 4.90 Å².